The standard InChI is InChI=1S/C14H8ClFN2S2/c15-11-3-1-2-4-12(11)19-14-13(17-18-20-14)9-5-7-10(16)8-6-9/h1-8H. The molecule has 3 rings (SSSR count). The molecule has 0 saturated heterocycles. The summed E-state index contributed by atoms with van der Waals surface area (Å²) < 4.78 is 17.9. The molecule has 0 fully saturated rings. The molecule has 2 aromatic carbocycles. The minimum Gasteiger partial charge on any atom is -0.207 e. The average molecular weight is 323 g/mol. The van der Waals surface area contributed by atoms with Crippen molar-refractivity contribution in [3.8, 4) is 11.3 Å². The Bertz CT molecular complexity index is 728. The van der Waals surface area contributed by atoms with Crippen LogP contribution in [-0.2, 0) is 0 Å². The fraction of sp³-hybridized carbons (Fsp3) is 0. The molecule has 0 unspecified atom stereocenters. The Kier molecular flexibility index (Phi) is 4.00. The van der Waals surface area contributed by atoms with E-state index in [-0.39, 0.29) is 5.82 Å². The fourth-order valence-corrected chi connectivity index (χ4v) is 3.64. The van der Waals surface area contributed by atoms with Crippen LogP contribution in [0.3, 0.4) is 0 Å². The normalized spacial score (nSPS) is 10.7. The summed E-state index contributed by atoms with van der Waals surface area (Å²) in [7, 11) is 0. The number of hydrogen-bond donors (Lipinski definition) is 0. The lowest BCUT2D eigenvalue weighted by atomic mass is 10.2. The predicted octanol–water partition coefficient (Wildman–Crippen LogP) is 5.15. The van der Waals surface area contributed by atoms with Crippen LogP contribution in [0.2, 0.25) is 5.02 Å². The molecule has 0 N–H and O–H groups in total. The van der Waals surface area contributed by atoms with Gasteiger partial charge in [0.15, 0.2) is 0 Å². The quantitative estimate of drug-likeness (QED) is 0.667. The topological polar surface area (TPSA) is 25.8 Å². The lowest BCUT2D eigenvalue weighted by molar-refractivity contribution is 0.628. The first-order chi connectivity index (χ1) is 9.74. The molecule has 0 radical (unpaired) electrons. The number of benzene rings is 2. The zero-order chi connectivity index (χ0) is 13.9. The van der Waals surface area contributed by atoms with Gasteiger partial charge in [-0.05, 0) is 47.9 Å². The Labute approximate surface area is 128 Å². The van der Waals surface area contributed by atoms with Gasteiger partial charge < -0.3 is 0 Å². The highest BCUT2D eigenvalue weighted by Crippen LogP contribution is 2.39. The maximum absolute atomic E-state index is 13.0. The van der Waals surface area contributed by atoms with E-state index in [4.69, 9.17) is 11.6 Å². The van der Waals surface area contributed by atoms with E-state index in [9.17, 15) is 4.39 Å². The highest BCUT2D eigenvalue weighted by atomic mass is 35.5. The van der Waals surface area contributed by atoms with E-state index in [0.717, 1.165) is 20.4 Å². The molecule has 6 heteroatoms. The molecule has 0 atom stereocenters. The molecule has 3 aromatic rings. The second-order valence-corrected chi connectivity index (χ2v) is 6.42. The van der Waals surface area contributed by atoms with Gasteiger partial charge in [0, 0.05) is 10.5 Å². The van der Waals surface area contributed by atoms with E-state index < -0.39 is 0 Å². The third-order valence-electron chi connectivity index (χ3n) is 2.61. The van der Waals surface area contributed by atoms with Crippen LogP contribution in [0, 0.1) is 5.82 Å². The Morgan fingerprint density at radius 1 is 1.05 bits per heavy atom. The first-order valence-corrected chi connectivity index (χ1v) is 7.71. The van der Waals surface area contributed by atoms with Crippen molar-refractivity contribution in [3.05, 3.63) is 59.4 Å². The van der Waals surface area contributed by atoms with Crippen LogP contribution in [-0.4, -0.2) is 9.59 Å². The van der Waals surface area contributed by atoms with Crippen LogP contribution in [0.4, 0.5) is 4.39 Å². The molecule has 20 heavy (non-hydrogen) atoms. The van der Waals surface area contributed by atoms with Crippen molar-refractivity contribution in [1.82, 2.24) is 9.59 Å². The summed E-state index contributed by atoms with van der Waals surface area (Å²) in [5.41, 5.74) is 1.59. The van der Waals surface area contributed by atoms with Crippen LogP contribution in [0.15, 0.2) is 57.6 Å². The van der Waals surface area contributed by atoms with Crippen molar-refractivity contribution in [2.24, 2.45) is 0 Å². The van der Waals surface area contributed by atoms with Crippen molar-refractivity contribution in [1.29, 1.82) is 0 Å². The lowest BCUT2D eigenvalue weighted by Gasteiger charge is -2.03. The second-order valence-electron chi connectivity index (χ2n) is 3.95. The fourth-order valence-electron chi connectivity index (χ4n) is 1.66. The van der Waals surface area contributed by atoms with E-state index in [0.29, 0.717) is 5.02 Å². The molecule has 100 valence electrons. The first-order valence-electron chi connectivity index (χ1n) is 5.75. The van der Waals surface area contributed by atoms with Gasteiger partial charge in [0.2, 0.25) is 0 Å². The zero-order valence-corrected chi connectivity index (χ0v) is 12.5. The molecule has 0 aliphatic heterocycles. The van der Waals surface area contributed by atoms with E-state index in [1.807, 2.05) is 24.3 Å². The Morgan fingerprint density at radius 2 is 1.80 bits per heavy atom. The molecule has 1 heterocycles. The smallest absolute Gasteiger partial charge is 0.123 e. The predicted molar refractivity (Wildman–Crippen MR) is 80.9 cm³/mol. The molecule has 2 nitrogen and oxygen atoms in total. The maximum atomic E-state index is 13.0. The van der Waals surface area contributed by atoms with Crippen LogP contribution < -0.4 is 0 Å². The average Bonchev–Trinajstić information content (AvgIpc) is 2.90. The van der Waals surface area contributed by atoms with Crippen LogP contribution >= 0.6 is 34.9 Å². The largest absolute Gasteiger partial charge is 0.207 e. The van der Waals surface area contributed by atoms with Crippen molar-refractivity contribution in [3.63, 3.8) is 0 Å². The number of hydrogen-bond acceptors (Lipinski definition) is 4. The molecule has 0 bridgehead atoms. The van der Waals surface area contributed by atoms with Gasteiger partial charge in [-0.15, -0.1) is 5.10 Å². The summed E-state index contributed by atoms with van der Waals surface area (Å²) in [6.07, 6.45) is 0. The Balaban J connectivity index is 1.95. The van der Waals surface area contributed by atoms with Gasteiger partial charge in [-0.2, -0.15) is 0 Å². The summed E-state index contributed by atoms with van der Waals surface area (Å²) in [4.78, 5) is 0.948. The van der Waals surface area contributed by atoms with Gasteiger partial charge in [0.1, 0.15) is 15.7 Å². The van der Waals surface area contributed by atoms with Crippen LogP contribution in [0.5, 0.6) is 0 Å². The number of aromatic nitrogens is 2. The van der Waals surface area contributed by atoms with Gasteiger partial charge in [-0.3, -0.25) is 0 Å². The van der Waals surface area contributed by atoms with Crippen molar-refractivity contribution in [2.45, 2.75) is 9.10 Å². The highest BCUT2D eigenvalue weighted by molar-refractivity contribution is 8.01. The van der Waals surface area contributed by atoms with Crippen LogP contribution in [0.25, 0.3) is 11.3 Å². The molecule has 1 aromatic heterocycles. The number of halogens is 2. The van der Waals surface area contributed by atoms with Gasteiger partial charge in [0.25, 0.3) is 0 Å². The highest BCUT2D eigenvalue weighted by Gasteiger charge is 2.13. The van der Waals surface area contributed by atoms with Crippen molar-refractivity contribution in [2.75, 3.05) is 0 Å². The van der Waals surface area contributed by atoms with E-state index in [2.05, 4.69) is 9.59 Å². The molecular weight excluding hydrogens is 315 g/mol. The van der Waals surface area contributed by atoms with Gasteiger partial charge >= 0.3 is 0 Å². The molecule has 0 aliphatic carbocycles. The summed E-state index contributed by atoms with van der Waals surface area (Å²) >= 11 is 8.97. The monoisotopic (exact) mass is 322 g/mol. The van der Waals surface area contributed by atoms with Crippen molar-refractivity contribution < 1.29 is 4.39 Å². The minimum atomic E-state index is -0.266. The Hall–Kier alpha value is -1.43. The molecule has 0 saturated carbocycles. The van der Waals surface area contributed by atoms with Gasteiger partial charge in [-0.25, -0.2) is 4.39 Å². The SMILES string of the molecule is Fc1ccc(-c2nnsc2Sc2ccccc2Cl)cc1. The van der Waals surface area contributed by atoms with E-state index in [1.165, 1.54) is 35.4 Å². The number of rotatable bonds is 3. The van der Waals surface area contributed by atoms with Gasteiger partial charge in [0.05, 0.1) is 5.02 Å². The lowest BCUT2D eigenvalue weighted by Crippen LogP contribution is -1.82. The minimum absolute atomic E-state index is 0.266. The second kappa shape index (κ2) is 5.91. The molecule has 0 amide bonds. The Morgan fingerprint density at radius 3 is 2.55 bits per heavy atom. The van der Waals surface area contributed by atoms with E-state index in [1.54, 1.807) is 12.1 Å². The summed E-state index contributed by atoms with van der Waals surface area (Å²) in [5.74, 6) is -0.266. The zero-order valence-electron chi connectivity index (χ0n) is 10.1. The van der Waals surface area contributed by atoms with Gasteiger partial charge in [-0.1, -0.05) is 40.0 Å². The molecule has 0 spiro atoms. The number of nitrogens with zero attached hydrogens (tertiary/aromatic N) is 2. The summed E-state index contributed by atoms with van der Waals surface area (Å²) in [6, 6.07) is 13.8. The maximum Gasteiger partial charge on any atom is 0.123 e. The first kappa shape index (κ1) is 13.5. The third-order valence-corrected chi connectivity index (χ3v) is 5.01. The van der Waals surface area contributed by atoms with Crippen LogP contribution in [0.1, 0.15) is 0 Å². The van der Waals surface area contributed by atoms with Crippen molar-refractivity contribution >= 4 is 34.9 Å². The summed E-state index contributed by atoms with van der Waals surface area (Å²) in [6.45, 7) is 0. The van der Waals surface area contributed by atoms with E-state index >= 15 is 0 Å². The third kappa shape index (κ3) is 2.85. The summed E-state index contributed by atoms with van der Waals surface area (Å²) in [5, 5.41) is 4.81. The molecular formula is C14H8ClFN2S2. The molecule has 0 aliphatic rings.